The zero-order valence-electron chi connectivity index (χ0n) is 10.6. The van der Waals surface area contributed by atoms with Crippen molar-refractivity contribution in [2.75, 3.05) is 0 Å². The molecular formula is C14H6BrF5N2. The van der Waals surface area contributed by atoms with E-state index in [0.717, 1.165) is 0 Å². The number of nitrogens with one attached hydrogen (secondary N) is 1. The Hall–Kier alpha value is -1.96. The van der Waals surface area contributed by atoms with E-state index in [4.69, 9.17) is 0 Å². The summed E-state index contributed by atoms with van der Waals surface area (Å²) in [6, 6.07) is 6.87. The molecule has 0 saturated carbocycles. The number of halogens is 6. The van der Waals surface area contributed by atoms with Crippen LogP contribution in [-0.4, -0.2) is 9.97 Å². The van der Waals surface area contributed by atoms with Gasteiger partial charge in [-0.1, -0.05) is 12.1 Å². The molecule has 1 N–H and O–H groups in total. The van der Waals surface area contributed by atoms with Gasteiger partial charge in [0.2, 0.25) is 0 Å². The molecule has 1 heterocycles. The highest BCUT2D eigenvalue weighted by atomic mass is 79.9. The largest absolute Gasteiger partial charge is 0.419 e. The highest BCUT2D eigenvalue weighted by molar-refractivity contribution is 9.10. The Kier molecular flexibility index (Phi) is 3.43. The number of para-hydroxylation sites is 2. The van der Waals surface area contributed by atoms with Crippen LogP contribution in [0.2, 0.25) is 0 Å². The molecule has 8 heteroatoms. The van der Waals surface area contributed by atoms with Crippen molar-refractivity contribution in [3.8, 4) is 11.4 Å². The third kappa shape index (κ3) is 2.37. The van der Waals surface area contributed by atoms with Crippen LogP contribution in [0.1, 0.15) is 5.56 Å². The molecule has 0 aliphatic rings. The highest BCUT2D eigenvalue weighted by Crippen LogP contribution is 2.39. The van der Waals surface area contributed by atoms with E-state index in [1.807, 2.05) is 0 Å². The average molecular weight is 377 g/mol. The van der Waals surface area contributed by atoms with E-state index >= 15 is 0 Å². The van der Waals surface area contributed by atoms with Gasteiger partial charge in [-0.15, -0.1) is 0 Å². The summed E-state index contributed by atoms with van der Waals surface area (Å²) in [5.74, 6) is -3.15. The number of nitrogens with zero attached hydrogens (tertiary/aromatic N) is 1. The third-order valence-corrected chi connectivity index (χ3v) is 3.66. The smallest absolute Gasteiger partial charge is 0.338 e. The molecule has 1 aromatic heterocycles. The van der Waals surface area contributed by atoms with E-state index < -0.39 is 33.4 Å². The minimum absolute atomic E-state index is 0.303. The van der Waals surface area contributed by atoms with E-state index in [2.05, 4.69) is 25.9 Å². The van der Waals surface area contributed by atoms with Gasteiger partial charge in [-0.3, -0.25) is 0 Å². The molecule has 22 heavy (non-hydrogen) atoms. The number of aromatic amines is 1. The molecule has 2 aromatic carbocycles. The fraction of sp³-hybridized carbons (Fsp3) is 0.0714. The molecule has 0 saturated heterocycles. The lowest BCUT2D eigenvalue weighted by Crippen LogP contribution is -2.11. The van der Waals surface area contributed by atoms with Crippen molar-refractivity contribution >= 4 is 27.0 Å². The minimum atomic E-state index is -4.94. The van der Waals surface area contributed by atoms with Crippen LogP contribution in [0, 0.1) is 11.6 Å². The molecule has 0 aliphatic heterocycles. The summed E-state index contributed by atoms with van der Waals surface area (Å²) in [5.41, 5.74) is -1.55. The van der Waals surface area contributed by atoms with Crippen LogP contribution in [0.3, 0.4) is 0 Å². The van der Waals surface area contributed by atoms with Crippen LogP contribution in [0.25, 0.3) is 22.4 Å². The summed E-state index contributed by atoms with van der Waals surface area (Å²) >= 11 is 2.68. The number of imidazole rings is 1. The summed E-state index contributed by atoms with van der Waals surface area (Å²) in [6.07, 6.45) is -4.94. The summed E-state index contributed by atoms with van der Waals surface area (Å²) in [4.78, 5) is 6.57. The van der Waals surface area contributed by atoms with Crippen LogP contribution < -0.4 is 0 Å². The van der Waals surface area contributed by atoms with Crippen molar-refractivity contribution < 1.29 is 22.0 Å². The van der Waals surface area contributed by atoms with E-state index in [1.54, 1.807) is 24.3 Å². The molecule has 0 aliphatic carbocycles. The number of hydrogen-bond acceptors (Lipinski definition) is 1. The van der Waals surface area contributed by atoms with Crippen LogP contribution in [-0.2, 0) is 6.18 Å². The monoisotopic (exact) mass is 376 g/mol. The van der Waals surface area contributed by atoms with Gasteiger partial charge in [0.05, 0.1) is 26.6 Å². The normalized spacial score (nSPS) is 12.1. The molecule has 0 spiro atoms. The van der Waals surface area contributed by atoms with Crippen molar-refractivity contribution in [2.45, 2.75) is 6.18 Å². The topological polar surface area (TPSA) is 28.7 Å². The molecule has 0 atom stereocenters. The van der Waals surface area contributed by atoms with Gasteiger partial charge >= 0.3 is 6.18 Å². The predicted octanol–water partition coefficient (Wildman–Crippen LogP) is 5.29. The Labute approximate surface area is 129 Å². The number of aromatic nitrogens is 2. The van der Waals surface area contributed by atoms with Crippen LogP contribution in [0.15, 0.2) is 34.8 Å². The van der Waals surface area contributed by atoms with E-state index in [0.29, 0.717) is 17.1 Å². The first-order valence-corrected chi connectivity index (χ1v) is 6.78. The molecule has 114 valence electrons. The maximum Gasteiger partial charge on any atom is 0.419 e. The first-order valence-electron chi connectivity index (χ1n) is 5.99. The van der Waals surface area contributed by atoms with Gasteiger partial charge in [-0.25, -0.2) is 13.8 Å². The second-order valence-corrected chi connectivity index (χ2v) is 5.36. The van der Waals surface area contributed by atoms with Gasteiger partial charge in [0.1, 0.15) is 11.6 Å². The Balaban J connectivity index is 2.32. The second-order valence-electron chi connectivity index (χ2n) is 4.51. The molecule has 2 nitrogen and oxygen atoms in total. The fourth-order valence-electron chi connectivity index (χ4n) is 2.09. The quantitative estimate of drug-likeness (QED) is 0.453. The SMILES string of the molecule is Fc1c(Br)cc(C(F)(F)F)c(F)c1-c1nc2ccccc2[nH]1. The van der Waals surface area contributed by atoms with Gasteiger partial charge in [0.15, 0.2) is 5.82 Å². The number of fused-ring (bicyclic) bond motifs is 1. The van der Waals surface area contributed by atoms with Crippen LogP contribution in [0.5, 0.6) is 0 Å². The van der Waals surface area contributed by atoms with Gasteiger partial charge in [-0.05, 0) is 34.1 Å². The van der Waals surface area contributed by atoms with Crippen molar-refractivity contribution in [3.63, 3.8) is 0 Å². The molecule has 0 amide bonds. The zero-order valence-corrected chi connectivity index (χ0v) is 12.2. The summed E-state index contributed by atoms with van der Waals surface area (Å²) in [6.45, 7) is 0. The third-order valence-electron chi connectivity index (χ3n) is 3.09. The van der Waals surface area contributed by atoms with Crippen molar-refractivity contribution in [1.29, 1.82) is 0 Å². The Morgan fingerprint density at radius 1 is 1.05 bits per heavy atom. The van der Waals surface area contributed by atoms with Gasteiger partial charge in [0, 0.05) is 0 Å². The molecule has 3 rings (SSSR count). The second kappa shape index (κ2) is 5.05. The summed E-state index contributed by atoms with van der Waals surface area (Å²) in [5, 5.41) is 0. The maximum absolute atomic E-state index is 14.2. The molecular weight excluding hydrogens is 371 g/mol. The summed E-state index contributed by atoms with van der Waals surface area (Å²) < 4.78 is 66.4. The van der Waals surface area contributed by atoms with E-state index in [1.165, 1.54) is 0 Å². The first-order chi connectivity index (χ1) is 10.3. The number of H-pyrrole nitrogens is 1. The van der Waals surface area contributed by atoms with Crippen LogP contribution >= 0.6 is 15.9 Å². The van der Waals surface area contributed by atoms with E-state index in [9.17, 15) is 22.0 Å². The number of hydrogen-bond donors (Lipinski definition) is 1. The van der Waals surface area contributed by atoms with Crippen molar-refractivity contribution in [2.24, 2.45) is 0 Å². The summed E-state index contributed by atoms with van der Waals surface area (Å²) in [7, 11) is 0. The molecule has 3 aromatic rings. The lowest BCUT2D eigenvalue weighted by atomic mass is 10.1. The van der Waals surface area contributed by atoms with Crippen molar-refractivity contribution in [3.05, 3.63) is 52.0 Å². The lowest BCUT2D eigenvalue weighted by Gasteiger charge is -2.12. The molecule has 0 unspecified atom stereocenters. The fourth-order valence-corrected chi connectivity index (χ4v) is 2.52. The Morgan fingerprint density at radius 2 is 1.73 bits per heavy atom. The first kappa shape index (κ1) is 15.0. The van der Waals surface area contributed by atoms with Crippen molar-refractivity contribution in [1.82, 2.24) is 9.97 Å². The number of alkyl halides is 3. The minimum Gasteiger partial charge on any atom is -0.338 e. The zero-order chi connectivity index (χ0) is 16.1. The lowest BCUT2D eigenvalue weighted by molar-refractivity contribution is -0.140. The predicted molar refractivity (Wildman–Crippen MR) is 74.1 cm³/mol. The molecule has 0 bridgehead atoms. The van der Waals surface area contributed by atoms with Gasteiger partial charge < -0.3 is 4.98 Å². The Morgan fingerprint density at radius 3 is 2.36 bits per heavy atom. The maximum atomic E-state index is 14.2. The number of benzene rings is 2. The highest BCUT2D eigenvalue weighted by Gasteiger charge is 2.37. The molecule has 0 fully saturated rings. The molecule has 0 radical (unpaired) electrons. The number of rotatable bonds is 1. The standard InChI is InChI=1S/C14H6BrF5N2/c15-7-5-6(14(18,19)20)11(16)10(12(7)17)13-21-8-3-1-2-4-9(8)22-13/h1-5H,(H,21,22). The Bertz CT molecular complexity index is 837. The van der Waals surface area contributed by atoms with Gasteiger partial charge in [-0.2, -0.15) is 13.2 Å². The van der Waals surface area contributed by atoms with E-state index in [-0.39, 0.29) is 5.82 Å². The van der Waals surface area contributed by atoms with Crippen LogP contribution in [0.4, 0.5) is 22.0 Å². The average Bonchev–Trinajstić information content (AvgIpc) is 2.85. The van der Waals surface area contributed by atoms with Gasteiger partial charge in [0.25, 0.3) is 0 Å².